The summed E-state index contributed by atoms with van der Waals surface area (Å²) in [6, 6.07) is 16.0. The van der Waals surface area contributed by atoms with E-state index in [0.717, 1.165) is 41.8 Å². The number of nitrogens with zero attached hydrogens (tertiary/aromatic N) is 1. The molecule has 0 aromatic heterocycles. The molecular formula is C20H23BrCl2N2O. The minimum atomic E-state index is 0.0411. The van der Waals surface area contributed by atoms with Crippen molar-refractivity contribution in [2.75, 3.05) is 35.1 Å². The van der Waals surface area contributed by atoms with Crippen LogP contribution in [0.5, 0.6) is 0 Å². The molecule has 0 heterocycles. The van der Waals surface area contributed by atoms with E-state index in [-0.39, 0.29) is 5.91 Å². The summed E-state index contributed by atoms with van der Waals surface area (Å²) in [5.41, 5.74) is 3.17. The van der Waals surface area contributed by atoms with Crippen LogP contribution in [0.2, 0.25) is 0 Å². The minimum Gasteiger partial charge on any atom is -0.369 e. The zero-order valence-electron chi connectivity index (χ0n) is 14.6. The van der Waals surface area contributed by atoms with Crippen LogP contribution in [0.3, 0.4) is 0 Å². The van der Waals surface area contributed by atoms with Crippen LogP contribution < -0.4 is 10.2 Å². The van der Waals surface area contributed by atoms with Crippen LogP contribution in [-0.2, 0) is 11.2 Å². The Hall–Kier alpha value is -1.23. The molecule has 2 aromatic carbocycles. The molecule has 0 aliphatic carbocycles. The van der Waals surface area contributed by atoms with Crippen LogP contribution in [-0.4, -0.2) is 30.8 Å². The molecule has 0 saturated heterocycles. The second-order valence-corrected chi connectivity index (χ2v) is 7.61. The normalized spacial score (nSPS) is 10.6. The van der Waals surface area contributed by atoms with Crippen LogP contribution >= 0.6 is 39.1 Å². The summed E-state index contributed by atoms with van der Waals surface area (Å²) in [5.74, 6) is 1.19. The number of carbonyl (C=O) groups excluding carboxylic acids is 1. The van der Waals surface area contributed by atoms with E-state index in [4.69, 9.17) is 23.2 Å². The number of halogens is 3. The Labute approximate surface area is 173 Å². The third-order valence-electron chi connectivity index (χ3n) is 4.01. The van der Waals surface area contributed by atoms with Gasteiger partial charge in [-0.05, 0) is 54.8 Å². The second-order valence-electron chi connectivity index (χ2n) is 5.94. The summed E-state index contributed by atoms with van der Waals surface area (Å²) < 4.78 is 0.995. The van der Waals surface area contributed by atoms with E-state index in [1.54, 1.807) is 0 Å². The molecule has 0 atom stereocenters. The number of anilines is 2. The SMILES string of the molecule is O=C(CCCc1ccc(N(CCCl)CCCl)cc1)Nc1ccc(Br)cc1. The lowest BCUT2D eigenvalue weighted by Crippen LogP contribution is -2.27. The molecule has 2 aromatic rings. The van der Waals surface area contributed by atoms with Crippen molar-refractivity contribution in [3.63, 3.8) is 0 Å². The maximum Gasteiger partial charge on any atom is 0.224 e. The largest absolute Gasteiger partial charge is 0.369 e. The molecule has 3 nitrogen and oxygen atoms in total. The second kappa shape index (κ2) is 11.5. The third-order valence-corrected chi connectivity index (χ3v) is 4.87. The maximum atomic E-state index is 12.0. The molecule has 0 fully saturated rings. The molecule has 0 spiro atoms. The van der Waals surface area contributed by atoms with E-state index in [2.05, 4.69) is 50.4 Å². The van der Waals surface area contributed by atoms with Gasteiger partial charge in [-0.25, -0.2) is 0 Å². The monoisotopic (exact) mass is 456 g/mol. The van der Waals surface area contributed by atoms with Gasteiger partial charge in [-0.1, -0.05) is 28.1 Å². The molecule has 6 heteroatoms. The summed E-state index contributed by atoms with van der Waals surface area (Å²) in [5, 5.41) is 2.92. The van der Waals surface area contributed by atoms with Crippen molar-refractivity contribution in [1.82, 2.24) is 0 Å². The lowest BCUT2D eigenvalue weighted by molar-refractivity contribution is -0.116. The van der Waals surface area contributed by atoms with Crippen molar-refractivity contribution >= 4 is 56.4 Å². The molecule has 0 bridgehead atoms. The summed E-state index contributed by atoms with van der Waals surface area (Å²) in [4.78, 5) is 14.2. The van der Waals surface area contributed by atoms with Gasteiger partial charge in [-0.15, -0.1) is 23.2 Å². The summed E-state index contributed by atoms with van der Waals surface area (Å²) >= 11 is 15.1. The van der Waals surface area contributed by atoms with Gasteiger partial charge in [0.2, 0.25) is 5.91 Å². The number of amides is 1. The number of hydrogen-bond donors (Lipinski definition) is 1. The molecule has 1 N–H and O–H groups in total. The fourth-order valence-electron chi connectivity index (χ4n) is 2.66. The van der Waals surface area contributed by atoms with Crippen molar-refractivity contribution < 1.29 is 4.79 Å². The topological polar surface area (TPSA) is 32.3 Å². The fraction of sp³-hybridized carbons (Fsp3) is 0.350. The number of rotatable bonds is 10. The summed E-state index contributed by atoms with van der Waals surface area (Å²) in [6.45, 7) is 1.56. The van der Waals surface area contributed by atoms with E-state index >= 15 is 0 Å². The van der Waals surface area contributed by atoms with Crippen LogP contribution in [0.4, 0.5) is 11.4 Å². The van der Waals surface area contributed by atoms with Crippen LogP contribution in [0.1, 0.15) is 18.4 Å². The Morgan fingerprint density at radius 2 is 1.58 bits per heavy atom. The van der Waals surface area contributed by atoms with Crippen molar-refractivity contribution in [3.05, 3.63) is 58.6 Å². The predicted octanol–water partition coefficient (Wildman–Crippen LogP) is 5.69. The van der Waals surface area contributed by atoms with E-state index in [9.17, 15) is 4.79 Å². The zero-order chi connectivity index (χ0) is 18.8. The van der Waals surface area contributed by atoms with Gasteiger partial charge in [-0.2, -0.15) is 0 Å². The highest BCUT2D eigenvalue weighted by Crippen LogP contribution is 2.18. The van der Waals surface area contributed by atoms with Crippen LogP contribution in [0.15, 0.2) is 53.0 Å². The van der Waals surface area contributed by atoms with Crippen molar-refractivity contribution in [1.29, 1.82) is 0 Å². The Morgan fingerprint density at radius 3 is 2.15 bits per heavy atom. The van der Waals surface area contributed by atoms with Crippen molar-refractivity contribution in [3.8, 4) is 0 Å². The molecular weight excluding hydrogens is 435 g/mol. The molecule has 1 amide bonds. The van der Waals surface area contributed by atoms with Gasteiger partial charge >= 0.3 is 0 Å². The quantitative estimate of drug-likeness (QED) is 0.464. The third kappa shape index (κ3) is 7.18. The molecule has 0 aliphatic rings. The smallest absolute Gasteiger partial charge is 0.224 e. The zero-order valence-corrected chi connectivity index (χ0v) is 17.7. The predicted molar refractivity (Wildman–Crippen MR) is 116 cm³/mol. The Balaban J connectivity index is 1.78. The lowest BCUT2D eigenvalue weighted by atomic mass is 10.1. The molecule has 0 radical (unpaired) electrons. The van der Waals surface area contributed by atoms with Crippen molar-refractivity contribution in [2.45, 2.75) is 19.3 Å². The highest BCUT2D eigenvalue weighted by atomic mass is 79.9. The Morgan fingerprint density at radius 1 is 0.962 bits per heavy atom. The molecule has 26 heavy (non-hydrogen) atoms. The first-order valence-electron chi connectivity index (χ1n) is 8.63. The van der Waals surface area contributed by atoms with Gasteiger partial charge in [0, 0.05) is 47.1 Å². The van der Waals surface area contributed by atoms with Gasteiger partial charge in [0.25, 0.3) is 0 Å². The van der Waals surface area contributed by atoms with E-state index in [0.29, 0.717) is 18.2 Å². The first kappa shape index (κ1) is 21.1. The van der Waals surface area contributed by atoms with Gasteiger partial charge < -0.3 is 10.2 Å². The number of alkyl halides is 2. The van der Waals surface area contributed by atoms with E-state index in [1.165, 1.54) is 5.56 Å². The average Bonchev–Trinajstić information content (AvgIpc) is 2.64. The number of hydrogen-bond acceptors (Lipinski definition) is 2. The average molecular weight is 458 g/mol. The first-order chi connectivity index (χ1) is 12.6. The first-order valence-corrected chi connectivity index (χ1v) is 10.5. The van der Waals surface area contributed by atoms with Gasteiger partial charge in [-0.3, -0.25) is 4.79 Å². The molecule has 0 saturated carbocycles. The minimum absolute atomic E-state index is 0.0411. The lowest BCUT2D eigenvalue weighted by Gasteiger charge is -2.23. The van der Waals surface area contributed by atoms with Gasteiger partial charge in [0.15, 0.2) is 0 Å². The van der Waals surface area contributed by atoms with E-state index in [1.807, 2.05) is 24.3 Å². The molecule has 0 aliphatic heterocycles. The summed E-state index contributed by atoms with van der Waals surface area (Å²) in [7, 11) is 0. The number of carbonyl (C=O) groups is 1. The highest BCUT2D eigenvalue weighted by Gasteiger charge is 2.06. The molecule has 0 unspecified atom stereocenters. The summed E-state index contributed by atoms with van der Waals surface area (Å²) in [6.07, 6.45) is 2.19. The standard InChI is InChI=1S/C20H23BrCl2N2O/c21-17-6-8-18(9-7-17)24-20(26)3-1-2-16-4-10-19(11-5-16)25(14-12-22)15-13-23/h4-11H,1-3,12-15H2,(H,24,26). The fourth-order valence-corrected chi connectivity index (χ4v) is 3.33. The van der Waals surface area contributed by atoms with Gasteiger partial charge in [0.05, 0.1) is 0 Å². The van der Waals surface area contributed by atoms with Crippen molar-refractivity contribution in [2.24, 2.45) is 0 Å². The molecule has 2 rings (SSSR count). The molecule has 140 valence electrons. The highest BCUT2D eigenvalue weighted by molar-refractivity contribution is 9.10. The number of benzene rings is 2. The van der Waals surface area contributed by atoms with Crippen LogP contribution in [0.25, 0.3) is 0 Å². The number of aryl methyl sites for hydroxylation is 1. The maximum absolute atomic E-state index is 12.0. The van der Waals surface area contributed by atoms with E-state index < -0.39 is 0 Å². The number of nitrogens with one attached hydrogen (secondary N) is 1. The van der Waals surface area contributed by atoms with Crippen LogP contribution in [0, 0.1) is 0 Å². The Kier molecular flexibility index (Phi) is 9.30. The van der Waals surface area contributed by atoms with Gasteiger partial charge in [0.1, 0.15) is 0 Å². The Bertz CT molecular complexity index is 671.